The van der Waals surface area contributed by atoms with Gasteiger partial charge < -0.3 is 15.1 Å². The molecule has 7 nitrogen and oxygen atoms in total. The molecule has 3 aliphatic rings. The Kier molecular flexibility index (Phi) is 6.29. The maximum atomic E-state index is 12.9. The molecule has 0 unspecified atom stereocenters. The van der Waals surface area contributed by atoms with Gasteiger partial charge in [0, 0.05) is 68.8 Å². The first-order chi connectivity index (χ1) is 16.6. The third-order valence-corrected chi connectivity index (χ3v) is 7.51. The van der Waals surface area contributed by atoms with E-state index >= 15 is 0 Å². The lowest BCUT2D eigenvalue weighted by atomic mass is 9.60. The summed E-state index contributed by atoms with van der Waals surface area (Å²) in [5.74, 6) is 0.249. The van der Waals surface area contributed by atoms with Crippen LogP contribution in [0.5, 0.6) is 0 Å². The van der Waals surface area contributed by atoms with E-state index in [1.54, 1.807) is 4.90 Å². The fraction of sp³-hybridized carbons (Fsp3) is 0.542. The minimum absolute atomic E-state index is 0.0809. The minimum atomic E-state index is -4.46. The third-order valence-electron chi connectivity index (χ3n) is 7.26. The number of carbonyl (C=O) groups is 1. The zero-order valence-electron chi connectivity index (χ0n) is 19.4. The van der Waals surface area contributed by atoms with E-state index < -0.39 is 11.7 Å². The molecule has 1 aromatic carbocycles. The van der Waals surface area contributed by atoms with Gasteiger partial charge in [0.15, 0.2) is 0 Å². The van der Waals surface area contributed by atoms with Crippen molar-refractivity contribution < 1.29 is 18.0 Å². The molecule has 1 aromatic heterocycles. The standard InChI is InChI=1S/C24H28ClF3N6O/c1-16-12-33(21-29-10-18(11-30-21)24(26,27)28)6-7-34(16)22(35)31-20-8-23(9-20)14-32(15-23)13-17-2-4-19(25)5-3-17/h2-5,10-11,16,20H,6-9,12-15H2,1H3,(H,31,35)/t16-/m1/s1. The number of aromatic nitrogens is 2. The Morgan fingerprint density at radius 1 is 1.14 bits per heavy atom. The van der Waals surface area contributed by atoms with Gasteiger partial charge in [0.2, 0.25) is 5.95 Å². The molecule has 2 aromatic rings. The Hall–Kier alpha value is -2.59. The van der Waals surface area contributed by atoms with Crippen LogP contribution in [0.3, 0.4) is 0 Å². The number of piperazine rings is 1. The fourth-order valence-electron chi connectivity index (χ4n) is 5.54. The van der Waals surface area contributed by atoms with Crippen molar-refractivity contribution in [2.24, 2.45) is 5.41 Å². The highest BCUT2D eigenvalue weighted by atomic mass is 35.5. The van der Waals surface area contributed by atoms with Crippen LogP contribution in [0.4, 0.5) is 23.9 Å². The molecular formula is C24H28ClF3N6O. The molecule has 1 aliphatic carbocycles. The number of benzene rings is 1. The Morgan fingerprint density at radius 3 is 2.40 bits per heavy atom. The second-order valence-corrected chi connectivity index (χ2v) is 10.5. The molecule has 1 spiro atoms. The lowest BCUT2D eigenvalue weighted by molar-refractivity contribution is -0.138. The Balaban J connectivity index is 1.05. The number of rotatable bonds is 4. The number of carbonyl (C=O) groups excluding carboxylic acids is 1. The summed E-state index contributed by atoms with van der Waals surface area (Å²) in [7, 11) is 0. The first kappa shape index (κ1) is 24.1. The Labute approximate surface area is 207 Å². The molecule has 3 heterocycles. The molecule has 1 N–H and O–H groups in total. The lowest BCUT2D eigenvalue weighted by Gasteiger charge is -2.59. The predicted molar refractivity (Wildman–Crippen MR) is 126 cm³/mol. The van der Waals surface area contributed by atoms with E-state index in [-0.39, 0.29) is 24.1 Å². The highest BCUT2D eigenvalue weighted by molar-refractivity contribution is 6.30. The normalized spacial score (nSPS) is 22.6. The number of hydrogen-bond acceptors (Lipinski definition) is 5. The van der Waals surface area contributed by atoms with Crippen LogP contribution in [-0.2, 0) is 12.7 Å². The summed E-state index contributed by atoms with van der Waals surface area (Å²) in [6, 6.07) is 7.94. The highest BCUT2D eigenvalue weighted by Gasteiger charge is 2.52. The number of urea groups is 1. The zero-order valence-corrected chi connectivity index (χ0v) is 20.2. The predicted octanol–water partition coefficient (Wildman–Crippen LogP) is 4.03. The number of anilines is 1. The summed E-state index contributed by atoms with van der Waals surface area (Å²) in [5, 5.41) is 3.91. The summed E-state index contributed by atoms with van der Waals surface area (Å²) in [6.07, 6.45) is -0.879. The van der Waals surface area contributed by atoms with Crippen molar-refractivity contribution in [3.63, 3.8) is 0 Å². The summed E-state index contributed by atoms with van der Waals surface area (Å²) in [5.41, 5.74) is 0.697. The van der Waals surface area contributed by atoms with Gasteiger partial charge in [0.25, 0.3) is 0 Å². The number of nitrogens with one attached hydrogen (secondary N) is 1. The maximum absolute atomic E-state index is 12.9. The Morgan fingerprint density at radius 2 is 1.80 bits per heavy atom. The number of nitrogens with zero attached hydrogens (tertiary/aromatic N) is 5. The molecule has 2 aliphatic heterocycles. The molecule has 1 saturated carbocycles. The van der Waals surface area contributed by atoms with Crippen molar-refractivity contribution in [1.29, 1.82) is 0 Å². The van der Waals surface area contributed by atoms with Crippen LogP contribution in [-0.4, -0.2) is 70.6 Å². The van der Waals surface area contributed by atoms with E-state index in [1.807, 2.05) is 24.0 Å². The van der Waals surface area contributed by atoms with Gasteiger partial charge in [-0.1, -0.05) is 23.7 Å². The number of hydrogen-bond donors (Lipinski definition) is 1. The minimum Gasteiger partial charge on any atom is -0.337 e. The molecule has 11 heteroatoms. The van der Waals surface area contributed by atoms with Gasteiger partial charge in [0.05, 0.1) is 5.56 Å². The van der Waals surface area contributed by atoms with Gasteiger partial charge in [-0.15, -0.1) is 0 Å². The first-order valence-corrected chi connectivity index (χ1v) is 12.2. The van der Waals surface area contributed by atoms with Crippen LogP contribution < -0.4 is 10.2 Å². The Bertz CT molecular complexity index is 1050. The van der Waals surface area contributed by atoms with Gasteiger partial charge in [-0.25, -0.2) is 14.8 Å². The van der Waals surface area contributed by atoms with Crippen LogP contribution >= 0.6 is 11.6 Å². The smallest absolute Gasteiger partial charge is 0.337 e. The highest BCUT2D eigenvalue weighted by Crippen LogP contribution is 2.48. The van der Waals surface area contributed by atoms with Crippen LogP contribution in [0.2, 0.25) is 5.02 Å². The van der Waals surface area contributed by atoms with Gasteiger partial charge in [-0.05, 0) is 42.9 Å². The van der Waals surface area contributed by atoms with Gasteiger partial charge in [0.1, 0.15) is 0 Å². The second-order valence-electron chi connectivity index (χ2n) is 10.1. The number of likely N-dealkylation sites (tertiary alicyclic amines) is 1. The maximum Gasteiger partial charge on any atom is 0.419 e. The average molecular weight is 509 g/mol. The summed E-state index contributed by atoms with van der Waals surface area (Å²) >= 11 is 5.96. The van der Waals surface area contributed by atoms with Crippen LogP contribution in [0, 0.1) is 5.41 Å². The van der Waals surface area contributed by atoms with E-state index in [2.05, 4.69) is 32.3 Å². The van der Waals surface area contributed by atoms with Crippen LogP contribution in [0.1, 0.15) is 30.9 Å². The van der Waals surface area contributed by atoms with Crippen molar-refractivity contribution >= 4 is 23.6 Å². The van der Waals surface area contributed by atoms with Crippen LogP contribution in [0.25, 0.3) is 0 Å². The molecule has 0 bridgehead atoms. The third kappa shape index (κ3) is 5.18. The van der Waals surface area contributed by atoms with E-state index in [1.165, 1.54) is 5.56 Å². The van der Waals surface area contributed by atoms with E-state index in [0.717, 1.165) is 49.9 Å². The monoisotopic (exact) mass is 508 g/mol. The average Bonchev–Trinajstić information content (AvgIpc) is 2.77. The van der Waals surface area contributed by atoms with Crippen molar-refractivity contribution in [2.75, 3.05) is 37.6 Å². The number of alkyl halides is 3. The van der Waals surface area contributed by atoms with Crippen molar-refractivity contribution in [1.82, 2.24) is 25.1 Å². The van der Waals surface area contributed by atoms with Crippen molar-refractivity contribution in [3.8, 4) is 0 Å². The van der Waals surface area contributed by atoms with E-state index in [4.69, 9.17) is 11.6 Å². The fourth-order valence-corrected chi connectivity index (χ4v) is 5.66. The molecule has 188 valence electrons. The molecule has 5 rings (SSSR count). The van der Waals surface area contributed by atoms with Gasteiger partial charge in [-0.3, -0.25) is 4.90 Å². The zero-order chi connectivity index (χ0) is 24.8. The first-order valence-electron chi connectivity index (χ1n) is 11.8. The lowest BCUT2D eigenvalue weighted by Crippen LogP contribution is -2.67. The van der Waals surface area contributed by atoms with E-state index in [0.29, 0.717) is 25.0 Å². The molecule has 2 amide bonds. The number of halogens is 4. The van der Waals surface area contributed by atoms with Crippen molar-refractivity contribution in [2.45, 2.75) is 44.6 Å². The molecule has 3 fully saturated rings. The molecular weight excluding hydrogens is 481 g/mol. The molecule has 35 heavy (non-hydrogen) atoms. The topological polar surface area (TPSA) is 64.6 Å². The van der Waals surface area contributed by atoms with Crippen LogP contribution in [0.15, 0.2) is 36.7 Å². The summed E-state index contributed by atoms with van der Waals surface area (Å²) in [4.78, 5) is 26.7. The largest absolute Gasteiger partial charge is 0.419 e. The molecule has 2 saturated heterocycles. The van der Waals surface area contributed by atoms with E-state index in [9.17, 15) is 18.0 Å². The summed E-state index contributed by atoms with van der Waals surface area (Å²) in [6.45, 7) is 6.34. The quantitative estimate of drug-likeness (QED) is 0.675. The second kappa shape index (κ2) is 9.13. The van der Waals surface area contributed by atoms with Crippen molar-refractivity contribution in [3.05, 3.63) is 52.8 Å². The summed E-state index contributed by atoms with van der Waals surface area (Å²) < 4.78 is 38.2. The van der Waals surface area contributed by atoms with Gasteiger partial charge >= 0.3 is 12.2 Å². The molecule has 0 radical (unpaired) electrons. The molecule has 1 atom stereocenters. The SMILES string of the molecule is C[C@@H]1CN(c2ncc(C(F)(F)F)cn2)CCN1C(=O)NC1CC2(C1)CN(Cc1ccc(Cl)cc1)C2. The number of amides is 2. The van der Waals surface area contributed by atoms with Gasteiger partial charge in [-0.2, -0.15) is 13.2 Å².